The molecular formula is C7H6ClN3O. The number of carbonyl (C=O) groups excluding carboxylic acids is 1. The molecular weight excluding hydrogens is 178 g/mol. The molecule has 0 aliphatic carbocycles. The van der Waals surface area contributed by atoms with Crippen LogP contribution in [0.15, 0.2) is 30.3 Å². The quantitative estimate of drug-likeness (QED) is 0.309. The number of hydrogen-bond acceptors (Lipinski definition) is 2. The van der Waals surface area contributed by atoms with E-state index in [2.05, 4.69) is 0 Å². The molecule has 0 saturated heterocycles. The van der Waals surface area contributed by atoms with Crippen LogP contribution in [-0.2, 0) is 0 Å². The minimum absolute atomic E-state index is 0.407. The van der Waals surface area contributed by atoms with Crippen LogP contribution < -0.4 is 0 Å². The third-order valence-electron chi connectivity index (χ3n) is 1.00. The van der Waals surface area contributed by atoms with Crippen LogP contribution in [0.5, 0.6) is 0 Å². The van der Waals surface area contributed by atoms with Crippen molar-refractivity contribution in [2.45, 2.75) is 0 Å². The lowest BCUT2D eigenvalue weighted by Gasteiger charge is -1.87. The van der Waals surface area contributed by atoms with Gasteiger partial charge in [-0.15, -0.1) is 5.53 Å². The Labute approximate surface area is 74.2 Å². The van der Waals surface area contributed by atoms with E-state index >= 15 is 0 Å². The fourth-order valence-electron chi connectivity index (χ4n) is 0.569. The molecule has 0 spiro atoms. The molecule has 0 bridgehead atoms. The van der Waals surface area contributed by atoms with Crippen molar-refractivity contribution < 1.29 is 4.79 Å². The zero-order valence-electron chi connectivity index (χ0n) is 6.07. The summed E-state index contributed by atoms with van der Waals surface area (Å²) in [5.41, 5.74) is 12.8. The second kappa shape index (κ2) is 6.22. The normalized spacial score (nSPS) is 7.42. The van der Waals surface area contributed by atoms with Gasteiger partial charge in [0.05, 0.1) is 0 Å². The van der Waals surface area contributed by atoms with Gasteiger partial charge in [0.15, 0.2) is 0 Å². The Morgan fingerprint density at radius 3 is 2.08 bits per heavy atom. The lowest BCUT2D eigenvalue weighted by molar-refractivity contribution is 0.108. The van der Waals surface area contributed by atoms with E-state index in [1.807, 2.05) is 6.07 Å². The highest BCUT2D eigenvalue weighted by Crippen LogP contribution is 2.01. The van der Waals surface area contributed by atoms with E-state index < -0.39 is 5.24 Å². The second-order valence-corrected chi connectivity index (χ2v) is 2.08. The first-order valence-electron chi connectivity index (χ1n) is 2.98. The first-order valence-corrected chi connectivity index (χ1v) is 3.36. The molecule has 1 N–H and O–H groups in total. The van der Waals surface area contributed by atoms with Gasteiger partial charge in [-0.1, -0.05) is 30.3 Å². The van der Waals surface area contributed by atoms with Gasteiger partial charge < -0.3 is 0 Å². The molecule has 0 fully saturated rings. The average Bonchev–Trinajstić information content (AvgIpc) is 2.07. The summed E-state index contributed by atoms with van der Waals surface area (Å²) in [5.74, 6) is 0. The smallest absolute Gasteiger partial charge is 0.252 e. The van der Waals surface area contributed by atoms with Gasteiger partial charge >= 0.3 is 0 Å². The minimum Gasteiger partial charge on any atom is -0.276 e. The molecule has 0 atom stereocenters. The number of halogens is 1. The summed E-state index contributed by atoms with van der Waals surface area (Å²) in [6.07, 6.45) is 0. The standard InChI is InChI=1S/C7H5ClO.HN3/c8-7(9)6-4-2-1-3-5-6;1-3-2/h1-5H;1H. The zero-order valence-corrected chi connectivity index (χ0v) is 6.82. The van der Waals surface area contributed by atoms with Crippen LogP contribution in [0, 0.1) is 5.53 Å². The molecule has 5 heteroatoms. The molecule has 0 radical (unpaired) electrons. The molecule has 1 rings (SSSR count). The van der Waals surface area contributed by atoms with Crippen LogP contribution in [0.25, 0.3) is 10.4 Å². The number of hydrogen-bond donors (Lipinski definition) is 1. The van der Waals surface area contributed by atoms with Gasteiger partial charge in [-0.05, 0) is 22.0 Å². The Morgan fingerprint density at radius 2 is 1.83 bits per heavy atom. The molecule has 4 nitrogen and oxygen atoms in total. The molecule has 1 aromatic carbocycles. The number of nitrogens with one attached hydrogen (secondary N) is 1. The maximum absolute atomic E-state index is 10.4. The third-order valence-corrected chi connectivity index (χ3v) is 1.22. The van der Waals surface area contributed by atoms with Crippen molar-refractivity contribution in [3.05, 3.63) is 46.3 Å². The first kappa shape index (κ1) is 10.5. The summed E-state index contributed by atoms with van der Waals surface area (Å²) in [6.45, 7) is 0. The molecule has 0 heterocycles. The molecule has 0 aliphatic heterocycles. The largest absolute Gasteiger partial charge is 0.276 e. The fourth-order valence-corrected chi connectivity index (χ4v) is 0.695. The molecule has 0 amide bonds. The highest BCUT2D eigenvalue weighted by Gasteiger charge is 1.95. The topological polar surface area (TPSA) is 77.3 Å². The average molecular weight is 184 g/mol. The van der Waals surface area contributed by atoms with E-state index in [1.54, 1.807) is 29.2 Å². The van der Waals surface area contributed by atoms with Gasteiger partial charge in [0.1, 0.15) is 0 Å². The van der Waals surface area contributed by atoms with Gasteiger partial charge in [0.25, 0.3) is 5.24 Å². The zero-order chi connectivity index (χ0) is 9.40. The van der Waals surface area contributed by atoms with Gasteiger partial charge in [-0.3, -0.25) is 4.79 Å². The molecule has 62 valence electrons. The van der Waals surface area contributed by atoms with Crippen LogP contribution in [0.1, 0.15) is 10.4 Å². The summed E-state index contributed by atoms with van der Waals surface area (Å²) in [5, 5.41) is -0.407. The second-order valence-electron chi connectivity index (χ2n) is 1.74. The van der Waals surface area contributed by atoms with Crippen molar-refractivity contribution in [1.82, 2.24) is 0 Å². The molecule has 12 heavy (non-hydrogen) atoms. The number of benzene rings is 1. The minimum atomic E-state index is -0.407. The molecule has 1 aromatic rings. The lowest BCUT2D eigenvalue weighted by atomic mass is 10.2. The maximum atomic E-state index is 10.4. The predicted octanol–water partition coefficient (Wildman–Crippen LogP) is 2.94. The van der Waals surface area contributed by atoms with Gasteiger partial charge in [0, 0.05) is 5.56 Å². The Balaban J connectivity index is 0.000000354. The van der Waals surface area contributed by atoms with Crippen molar-refractivity contribution >= 4 is 16.8 Å². The van der Waals surface area contributed by atoms with E-state index in [-0.39, 0.29) is 0 Å². The highest BCUT2D eigenvalue weighted by atomic mass is 35.5. The van der Waals surface area contributed by atoms with E-state index in [0.717, 1.165) is 0 Å². The lowest BCUT2D eigenvalue weighted by Crippen LogP contribution is -1.84. The van der Waals surface area contributed by atoms with Crippen LogP contribution >= 0.6 is 11.6 Å². The van der Waals surface area contributed by atoms with Crippen LogP contribution in [-0.4, -0.2) is 5.24 Å². The van der Waals surface area contributed by atoms with Crippen molar-refractivity contribution in [2.24, 2.45) is 0 Å². The van der Waals surface area contributed by atoms with Gasteiger partial charge in [-0.2, -0.15) is 0 Å². The molecule has 0 saturated carbocycles. The monoisotopic (exact) mass is 183 g/mol. The maximum Gasteiger partial charge on any atom is 0.252 e. The summed E-state index contributed by atoms with van der Waals surface area (Å²) < 4.78 is 0. The third kappa shape index (κ3) is 4.33. The Bertz CT molecular complexity index is 280. The van der Waals surface area contributed by atoms with Gasteiger partial charge in [0.2, 0.25) is 0 Å². The number of nitrogens with zero attached hydrogens (tertiary/aromatic N) is 2. The predicted molar refractivity (Wildman–Crippen MR) is 46.1 cm³/mol. The van der Waals surface area contributed by atoms with Crippen molar-refractivity contribution in [1.29, 1.82) is 5.53 Å². The Hall–Kier alpha value is -1.51. The number of rotatable bonds is 1. The van der Waals surface area contributed by atoms with Crippen molar-refractivity contribution in [3.63, 3.8) is 0 Å². The van der Waals surface area contributed by atoms with E-state index in [1.165, 1.54) is 0 Å². The summed E-state index contributed by atoms with van der Waals surface area (Å²) >= 11 is 5.16. The van der Waals surface area contributed by atoms with Crippen LogP contribution in [0.3, 0.4) is 0 Å². The Morgan fingerprint density at radius 1 is 1.42 bits per heavy atom. The molecule has 0 aromatic heterocycles. The highest BCUT2D eigenvalue weighted by molar-refractivity contribution is 6.67. The van der Waals surface area contributed by atoms with Crippen molar-refractivity contribution in [2.75, 3.05) is 0 Å². The number of carbonyl (C=O) groups is 1. The van der Waals surface area contributed by atoms with Crippen molar-refractivity contribution in [3.8, 4) is 0 Å². The first-order chi connectivity index (χ1) is 5.72. The van der Waals surface area contributed by atoms with E-state index in [0.29, 0.717) is 5.56 Å². The summed E-state index contributed by atoms with van der Waals surface area (Å²) in [6, 6.07) is 8.74. The Kier molecular flexibility index (Phi) is 5.43. The molecule has 0 aliphatic rings. The molecule has 0 unspecified atom stereocenters. The van der Waals surface area contributed by atoms with E-state index in [4.69, 9.17) is 22.7 Å². The van der Waals surface area contributed by atoms with Crippen LogP contribution in [0.2, 0.25) is 0 Å². The van der Waals surface area contributed by atoms with Gasteiger partial charge in [-0.25, -0.2) is 0 Å². The van der Waals surface area contributed by atoms with Crippen LogP contribution in [0.4, 0.5) is 0 Å². The summed E-state index contributed by atoms with van der Waals surface area (Å²) in [4.78, 5) is 12.2. The van der Waals surface area contributed by atoms with E-state index in [9.17, 15) is 4.79 Å². The fraction of sp³-hybridized carbons (Fsp3) is 0. The summed E-state index contributed by atoms with van der Waals surface area (Å²) in [7, 11) is 0. The SMILES string of the molecule is O=C(Cl)c1ccccc1.[N-]=[N+]=N.